The van der Waals surface area contributed by atoms with E-state index in [1.54, 1.807) is 7.11 Å². The molecule has 1 amide bonds. The van der Waals surface area contributed by atoms with Crippen LogP contribution in [0.15, 0.2) is 23.8 Å². The molecular weight excluding hydrogens is 335 g/mol. The van der Waals surface area contributed by atoms with Crippen LogP contribution in [0.25, 0.3) is 0 Å². The van der Waals surface area contributed by atoms with E-state index in [0.717, 1.165) is 76.6 Å². The van der Waals surface area contributed by atoms with Crippen LogP contribution in [0.3, 0.4) is 0 Å². The van der Waals surface area contributed by atoms with Gasteiger partial charge in [0, 0.05) is 32.8 Å². The minimum absolute atomic E-state index is 0.130. The van der Waals surface area contributed by atoms with E-state index >= 15 is 0 Å². The molecule has 5 heteroatoms. The number of ether oxygens (including phenoxy) is 1. The zero-order valence-electron chi connectivity index (χ0n) is 17.3. The normalized spacial score (nSPS) is 21.7. The number of carbonyl (C=O) groups is 1. The highest BCUT2D eigenvalue weighted by Crippen LogP contribution is 2.31. The lowest BCUT2D eigenvalue weighted by Crippen LogP contribution is -2.44. The fourth-order valence-electron chi connectivity index (χ4n) is 3.74. The second-order valence-corrected chi connectivity index (χ2v) is 8.17. The maximum atomic E-state index is 13.2. The largest absolute Gasteiger partial charge is 0.385 e. The first-order chi connectivity index (χ1) is 13.0. The molecule has 2 rings (SSSR count). The molecule has 1 aliphatic heterocycles. The molecule has 1 N–H and O–H groups in total. The van der Waals surface area contributed by atoms with Crippen molar-refractivity contribution in [2.24, 2.45) is 5.92 Å². The van der Waals surface area contributed by atoms with Crippen molar-refractivity contribution in [3.63, 3.8) is 0 Å². The van der Waals surface area contributed by atoms with Crippen LogP contribution in [0.4, 0.5) is 0 Å². The number of carbonyl (C=O) groups excluding carboxylic acids is 1. The summed E-state index contributed by atoms with van der Waals surface area (Å²) in [4.78, 5) is 15.3. The van der Waals surface area contributed by atoms with Gasteiger partial charge in [-0.05, 0) is 51.5 Å². The summed E-state index contributed by atoms with van der Waals surface area (Å²) in [5.74, 6) is 0.589. The van der Waals surface area contributed by atoms with Crippen LogP contribution in [0.2, 0.25) is 5.82 Å². The molecule has 2 aliphatic rings. The molecule has 2 atom stereocenters. The molecule has 1 saturated heterocycles. The number of hydrogen-bond donors (Lipinski definition) is 1. The van der Waals surface area contributed by atoms with Crippen molar-refractivity contribution in [2.75, 3.05) is 33.4 Å². The smallest absolute Gasteiger partial charge is 0.227 e. The molecule has 1 heterocycles. The highest BCUT2D eigenvalue weighted by Gasteiger charge is 2.36. The number of allylic oxidation sites excluding steroid dienone is 2. The number of amides is 1. The molecule has 0 aromatic carbocycles. The molecule has 0 bridgehead atoms. The van der Waals surface area contributed by atoms with Crippen molar-refractivity contribution in [1.29, 1.82) is 0 Å². The van der Waals surface area contributed by atoms with Gasteiger partial charge in [0.15, 0.2) is 0 Å². The minimum atomic E-state index is 0.130. The number of piperidine rings is 1. The number of methoxy groups -OCH3 is 1. The van der Waals surface area contributed by atoms with Crippen molar-refractivity contribution in [3.05, 3.63) is 23.8 Å². The maximum absolute atomic E-state index is 13.2. The Morgan fingerprint density at radius 2 is 2.19 bits per heavy atom. The molecule has 1 unspecified atom stereocenters. The molecule has 2 radical (unpaired) electrons. The van der Waals surface area contributed by atoms with E-state index in [0.29, 0.717) is 18.5 Å². The van der Waals surface area contributed by atoms with Crippen molar-refractivity contribution in [1.82, 2.24) is 10.2 Å². The summed E-state index contributed by atoms with van der Waals surface area (Å²) in [6, 6.07) is 0.419. The topological polar surface area (TPSA) is 41.6 Å². The van der Waals surface area contributed by atoms with E-state index in [1.807, 2.05) is 0 Å². The first-order valence-corrected chi connectivity index (χ1v) is 10.7. The molecule has 0 spiro atoms. The van der Waals surface area contributed by atoms with Crippen molar-refractivity contribution < 1.29 is 9.53 Å². The van der Waals surface area contributed by atoms with Gasteiger partial charge in [0.2, 0.25) is 5.91 Å². The van der Waals surface area contributed by atoms with E-state index in [-0.39, 0.29) is 11.7 Å². The van der Waals surface area contributed by atoms with Gasteiger partial charge in [-0.3, -0.25) is 4.79 Å². The van der Waals surface area contributed by atoms with Gasteiger partial charge < -0.3 is 15.0 Å². The van der Waals surface area contributed by atoms with Crippen LogP contribution < -0.4 is 5.32 Å². The molecule has 0 aromatic heterocycles. The summed E-state index contributed by atoms with van der Waals surface area (Å²) in [7, 11) is 7.98. The molecule has 150 valence electrons. The molecule has 27 heavy (non-hydrogen) atoms. The third-order valence-corrected chi connectivity index (χ3v) is 5.59. The Balaban J connectivity index is 2.05. The molecule has 1 aliphatic carbocycles. The van der Waals surface area contributed by atoms with Crippen LogP contribution in [-0.2, 0) is 9.53 Å². The highest BCUT2D eigenvalue weighted by atomic mass is 16.5. The number of nitrogens with zero attached hydrogens (tertiary/aromatic N) is 1. The summed E-state index contributed by atoms with van der Waals surface area (Å²) < 4.78 is 5.14. The molecule has 4 nitrogen and oxygen atoms in total. The van der Waals surface area contributed by atoms with E-state index in [2.05, 4.69) is 29.8 Å². The highest BCUT2D eigenvalue weighted by molar-refractivity contribution is 6.11. The second-order valence-electron chi connectivity index (χ2n) is 8.17. The average molecular weight is 372 g/mol. The lowest BCUT2D eigenvalue weighted by atomic mass is 9.79. The Bertz CT molecular complexity index is 510. The molecule has 2 fully saturated rings. The predicted molar refractivity (Wildman–Crippen MR) is 113 cm³/mol. The number of hydrogen-bond acceptors (Lipinski definition) is 3. The Hall–Kier alpha value is -1.07. The van der Waals surface area contributed by atoms with E-state index in [9.17, 15) is 4.79 Å². The third kappa shape index (κ3) is 7.83. The Morgan fingerprint density at radius 3 is 2.78 bits per heavy atom. The predicted octanol–water partition coefficient (Wildman–Crippen LogP) is 3.64. The quantitative estimate of drug-likeness (QED) is 0.323. The van der Waals surface area contributed by atoms with Crippen molar-refractivity contribution in [3.8, 4) is 0 Å². The van der Waals surface area contributed by atoms with E-state index < -0.39 is 0 Å². The van der Waals surface area contributed by atoms with Crippen LogP contribution in [0.5, 0.6) is 0 Å². The first-order valence-electron chi connectivity index (χ1n) is 10.7. The van der Waals surface area contributed by atoms with Crippen molar-refractivity contribution in [2.45, 2.75) is 70.1 Å². The van der Waals surface area contributed by atoms with E-state index in [4.69, 9.17) is 12.6 Å². The van der Waals surface area contributed by atoms with Gasteiger partial charge in [0.05, 0.1) is 13.8 Å². The van der Waals surface area contributed by atoms with Crippen LogP contribution in [-0.4, -0.2) is 58.0 Å². The lowest BCUT2D eigenvalue weighted by molar-refractivity contribution is -0.136. The fourth-order valence-corrected chi connectivity index (χ4v) is 3.74. The summed E-state index contributed by atoms with van der Waals surface area (Å²) in [6.07, 6.45) is 10.2. The zero-order valence-corrected chi connectivity index (χ0v) is 17.3. The maximum Gasteiger partial charge on any atom is 0.227 e. The third-order valence-electron chi connectivity index (χ3n) is 5.59. The number of nitrogens with one attached hydrogen (secondary N) is 1. The van der Waals surface area contributed by atoms with Gasteiger partial charge in [-0.25, -0.2) is 0 Å². The van der Waals surface area contributed by atoms with E-state index in [1.165, 1.54) is 5.57 Å². The monoisotopic (exact) mass is 372 g/mol. The number of rotatable bonds is 12. The van der Waals surface area contributed by atoms with Gasteiger partial charge in [0.1, 0.15) is 0 Å². The Labute approximate surface area is 167 Å². The van der Waals surface area contributed by atoms with Crippen LogP contribution in [0.1, 0.15) is 58.3 Å². The SMILES string of the molecule is [B]C(CC)C/C(=C\C(=C)CCCOC)CN(C(=O)[C@@H]1CCCNC1)C1CC1. The Morgan fingerprint density at radius 1 is 1.41 bits per heavy atom. The molecule has 0 aromatic rings. The molecular formula is C22H37BN2O2. The lowest BCUT2D eigenvalue weighted by Gasteiger charge is -2.31. The van der Waals surface area contributed by atoms with Crippen LogP contribution in [0, 0.1) is 5.92 Å². The second kappa shape index (κ2) is 11.7. The summed E-state index contributed by atoms with van der Waals surface area (Å²) >= 11 is 0. The van der Waals surface area contributed by atoms with Gasteiger partial charge in [0.25, 0.3) is 0 Å². The summed E-state index contributed by atoms with van der Waals surface area (Å²) in [5.41, 5.74) is 2.35. The summed E-state index contributed by atoms with van der Waals surface area (Å²) in [6.45, 7) is 9.64. The molecule has 1 saturated carbocycles. The van der Waals surface area contributed by atoms with Crippen molar-refractivity contribution >= 4 is 13.8 Å². The van der Waals surface area contributed by atoms with Gasteiger partial charge in [-0.15, -0.1) is 0 Å². The minimum Gasteiger partial charge on any atom is -0.385 e. The van der Waals surface area contributed by atoms with Crippen LogP contribution >= 0.6 is 0 Å². The Kier molecular flexibility index (Phi) is 9.64. The zero-order chi connectivity index (χ0) is 19.6. The van der Waals surface area contributed by atoms with Gasteiger partial charge in [-0.2, -0.15) is 0 Å². The van der Waals surface area contributed by atoms with Gasteiger partial charge >= 0.3 is 0 Å². The fraction of sp³-hybridized carbons (Fsp3) is 0.773. The van der Waals surface area contributed by atoms with Gasteiger partial charge in [-0.1, -0.05) is 43.0 Å². The standard InChI is InChI=1S/C22H37BN2O2/c1-4-20(23)14-18(13-17(2)7-6-12-27-3)16-25(21-9-10-21)22(26)19-8-5-11-24-15-19/h13,19-21,24H,2,4-12,14-16H2,1,3H3/b18-13+/t19-,20?/m1/s1. The summed E-state index contributed by atoms with van der Waals surface area (Å²) in [5, 5.41) is 3.38. The average Bonchev–Trinajstić information content (AvgIpc) is 3.51. The first kappa shape index (κ1) is 22.2.